The first-order valence-corrected chi connectivity index (χ1v) is 6.49. The number of hydrogen-bond acceptors (Lipinski definition) is 2. The van der Waals surface area contributed by atoms with E-state index in [9.17, 15) is 4.79 Å². The Morgan fingerprint density at radius 3 is 2.31 bits per heavy atom. The maximum atomic E-state index is 10.7. The summed E-state index contributed by atoms with van der Waals surface area (Å²) < 4.78 is 0. The number of aliphatic carboxylic acids is 1. The first kappa shape index (κ1) is 15.4. The number of nitrogens with zero attached hydrogens (tertiary/aromatic N) is 1. The first-order valence-electron chi connectivity index (χ1n) is 6.49. The fourth-order valence-electron chi connectivity index (χ4n) is 1.80. The summed E-state index contributed by atoms with van der Waals surface area (Å²) in [5.41, 5.74) is 0. The Labute approximate surface area is 99.8 Å². The zero-order valence-electron chi connectivity index (χ0n) is 11.0. The summed E-state index contributed by atoms with van der Waals surface area (Å²) in [6.07, 6.45) is 7.74. The van der Waals surface area contributed by atoms with Gasteiger partial charge in [0.2, 0.25) is 0 Å². The summed E-state index contributed by atoms with van der Waals surface area (Å²) in [5.74, 6) is -0.958. The van der Waals surface area contributed by atoms with E-state index in [1.54, 1.807) is 6.92 Å². The predicted molar refractivity (Wildman–Crippen MR) is 67.7 cm³/mol. The van der Waals surface area contributed by atoms with Crippen LogP contribution in [0.5, 0.6) is 0 Å². The highest BCUT2D eigenvalue weighted by molar-refractivity contribution is 5.69. The molecule has 0 aromatic carbocycles. The van der Waals surface area contributed by atoms with Gasteiger partial charge in [0, 0.05) is 6.54 Å². The summed E-state index contributed by atoms with van der Waals surface area (Å²) >= 11 is 0. The van der Waals surface area contributed by atoms with Crippen LogP contribution in [0.1, 0.15) is 52.4 Å². The minimum Gasteiger partial charge on any atom is -0.481 e. The van der Waals surface area contributed by atoms with Gasteiger partial charge in [-0.3, -0.25) is 4.79 Å². The molecule has 16 heavy (non-hydrogen) atoms. The van der Waals surface area contributed by atoms with E-state index < -0.39 is 5.97 Å². The molecule has 0 amide bonds. The highest BCUT2D eigenvalue weighted by Crippen LogP contribution is 2.06. The van der Waals surface area contributed by atoms with Gasteiger partial charge in [0.25, 0.3) is 0 Å². The number of unbranched alkanes of at least 4 members (excludes halogenated alkanes) is 5. The highest BCUT2D eigenvalue weighted by Gasteiger charge is 2.12. The van der Waals surface area contributed by atoms with E-state index in [1.165, 1.54) is 38.5 Å². The van der Waals surface area contributed by atoms with Crippen molar-refractivity contribution in [3.05, 3.63) is 0 Å². The minimum absolute atomic E-state index is 0.259. The second-order valence-corrected chi connectivity index (χ2v) is 4.77. The van der Waals surface area contributed by atoms with Crippen LogP contribution in [0.15, 0.2) is 0 Å². The molecule has 96 valence electrons. The monoisotopic (exact) mass is 229 g/mol. The Bertz CT molecular complexity index is 183. The third-order valence-corrected chi connectivity index (χ3v) is 2.90. The van der Waals surface area contributed by atoms with E-state index in [2.05, 4.69) is 11.8 Å². The van der Waals surface area contributed by atoms with Crippen molar-refractivity contribution in [1.82, 2.24) is 4.90 Å². The quantitative estimate of drug-likeness (QED) is 0.585. The molecule has 1 atom stereocenters. The summed E-state index contributed by atoms with van der Waals surface area (Å²) in [7, 11) is 2.01. The van der Waals surface area contributed by atoms with Crippen LogP contribution in [0.2, 0.25) is 0 Å². The molecule has 0 heterocycles. The van der Waals surface area contributed by atoms with E-state index >= 15 is 0 Å². The normalized spacial score (nSPS) is 13.0. The Morgan fingerprint density at radius 2 is 1.75 bits per heavy atom. The molecule has 0 aliphatic rings. The standard InChI is InChI=1S/C13H27NO2/c1-4-5-6-7-8-9-10-14(3)11-12(2)13(15)16/h12H,4-11H2,1-3H3,(H,15,16). The van der Waals surface area contributed by atoms with Crippen LogP contribution >= 0.6 is 0 Å². The molecule has 1 unspecified atom stereocenters. The summed E-state index contributed by atoms with van der Waals surface area (Å²) in [5, 5.41) is 8.77. The smallest absolute Gasteiger partial charge is 0.307 e. The Kier molecular flexibility index (Phi) is 9.30. The lowest BCUT2D eigenvalue weighted by Gasteiger charge is -2.18. The van der Waals surface area contributed by atoms with E-state index in [0.717, 1.165) is 6.54 Å². The highest BCUT2D eigenvalue weighted by atomic mass is 16.4. The molecule has 0 saturated heterocycles. The molecule has 0 aromatic rings. The lowest BCUT2D eigenvalue weighted by Crippen LogP contribution is -2.29. The lowest BCUT2D eigenvalue weighted by atomic mass is 10.1. The van der Waals surface area contributed by atoms with E-state index in [0.29, 0.717) is 6.54 Å². The maximum Gasteiger partial charge on any atom is 0.307 e. The van der Waals surface area contributed by atoms with E-state index in [-0.39, 0.29) is 5.92 Å². The van der Waals surface area contributed by atoms with Gasteiger partial charge in [-0.25, -0.2) is 0 Å². The van der Waals surface area contributed by atoms with Crippen molar-refractivity contribution in [2.75, 3.05) is 20.1 Å². The molecule has 0 saturated carbocycles. The topological polar surface area (TPSA) is 40.5 Å². The Morgan fingerprint density at radius 1 is 1.19 bits per heavy atom. The third-order valence-electron chi connectivity index (χ3n) is 2.90. The fourth-order valence-corrected chi connectivity index (χ4v) is 1.80. The van der Waals surface area contributed by atoms with E-state index in [4.69, 9.17) is 5.11 Å². The number of carbonyl (C=O) groups is 1. The molecule has 0 aromatic heterocycles. The molecular formula is C13H27NO2. The predicted octanol–water partition coefficient (Wildman–Crippen LogP) is 3.00. The lowest BCUT2D eigenvalue weighted by molar-refractivity contribution is -0.141. The van der Waals surface area contributed by atoms with Gasteiger partial charge in [0.05, 0.1) is 5.92 Å². The molecule has 0 aliphatic heterocycles. The van der Waals surface area contributed by atoms with Crippen LogP contribution in [-0.4, -0.2) is 36.1 Å². The van der Waals surface area contributed by atoms with E-state index in [1.807, 2.05) is 7.05 Å². The fraction of sp³-hybridized carbons (Fsp3) is 0.923. The van der Waals surface area contributed by atoms with Crippen LogP contribution in [-0.2, 0) is 4.79 Å². The molecule has 0 radical (unpaired) electrons. The van der Waals surface area contributed by atoms with Crippen molar-refractivity contribution < 1.29 is 9.90 Å². The summed E-state index contributed by atoms with van der Waals surface area (Å²) in [4.78, 5) is 12.8. The molecule has 0 fully saturated rings. The van der Waals surface area contributed by atoms with Crippen molar-refractivity contribution in [1.29, 1.82) is 0 Å². The number of carboxylic acids is 1. The molecular weight excluding hydrogens is 202 g/mol. The van der Waals surface area contributed by atoms with Gasteiger partial charge in [-0.15, -0.1) is 0 Å². The summed E-state index contributed by atoms with van der Waals surface area (Å²) in [6, 6.07) is 0. The largest absolute Gasteiger partial charge is 0.481 e. The van der Waals surface area contributed by atoms with Gasteiger partial charge < -0.3 is 10.0 Å². The second kappa shape index (κ2) is 9.64. The third kappa shape index (κ3) is 8.72. The molecule has 0 rings (SSSR count). The van der Waals surface area contributed by atoms with Crippen LogP contribution < -0.4 is 0 Å². The van der Waals surface area contributed by atoms with Crippen LogP contribution in [0, 0.1) is 5.92 Å². The van der Waals surface area contributed by atoms with Crippen LogP contribution in [0.25, 0.3) is 0 Å². The molecule has 3 heteroatoms. The van der Waals surface area contributed by atoms with Gasteiger partial charge in [-0.2, -0.15) is 0 Å². The molecule has 0 spiro atoms. The van der Waals surface area contributed by atoms with Gasteiger partial charge in [-0.05, 0) is 20.0 Å². The van der Waals surface area contributed by atoms with Crippen molar-refractivity contribution in [3.63, 3.8) is 0 Å². The van der Waals surface area contributed by atoms with Gasteiger partial charge in [0.15, 0.2) is 0 Å². The number of hydrogen-bond donors (Lipinski definition) is 1. The SMILES string of the molecule is CCCCCCCCN(C)CC(C)C(=O)O. The van der Waals surface area contributed by atoms with Gasteiger partial charge >= 0.3 is 5.97 Å². The Balaban J connectivity index is 3.36. The van der Waals surface area contributed by atoms with Crippen LogP contribution in [0.3, 0.4) is 0 Å². The van der Waals surface area contributed by atoms with Crippen LogP contribution in [0.4, 0.5) is 0 Å². The molecule has 0 aliphatic carbocycles. The molecule has 0 bridgehead atoms. The van der Waals surface area contributed by atoms with Crippen molar-refractivity contribution in [2.24, 2.45) is 5.92 Å². The molecule has 3 nitrogen and oxygen atoms in total. The summed E-state index contributed by atoms with van der Waals surface area (Å²) in [6.45, 7) is 5.66. The second-order valence-electron chi connectivity index (χ2n) is 4.77. The van der Waals surface area contributed by atoms with Gasteiger partial charge in [-0.1, -0.05) is 46.0 Å². The molecule has 1 N–H and O–H groups in total. The van der Waals surface area contributed by atoms with Crippen molar-refractivity contribution >= 4 is 5.97 Å². The first-order chi connectivity index (χ1) is 7.57. The van der Waals surface area contributed by atoms with Gasteiger partial charge in [0.1, 0.15) is 0 Å². The zero-order chi connectivity index (χ0) is 12.4. The van der Waals surface area contributed by atoms with Crippen molar-refractivity contribution in [3.8, 4) is 0 Å². The average molecular weight is 229 g/mol. The maximum absolute atomic E-state index is 10.7. The number of carboxylic acid groups (broad SMARTS) is 1. The van der Waals surface area contributed by atoms with Crippen molar-refractivity contribution in [2.45, 2.75) is 52.4 Å². The zero-order valence-corrected chi connectivity index (χ0v) is 11.0. The minimum atomic E-state index is -0.699. The Hall–Kier alpha value is -0.570. The number of rotatable bonds is 10. The average Bonchev–Trinajstić information content (AvgIpc) is 2.23.